The zero-order valence-corrected chi connectivity index (χ0v) is 10.8. The van der Waals surface area contributed by atoms with Gasteiger partial charge in [0, 0.05) is 0 Å². The molecule has 2 N–H and O–H groups in total. The van der Waals surface area contributed by atoms with E-state index in [4.69, 9.17) is 14.9 Å². The van der Waals surface area contributed by atoms with Gasteiger partial charge in [0.1, 0.15) is 11.3 Å². The minimum atomic E-state index is -1.13. The average molecular weight is 266 g/mol. The molecule has 0 aliphatic rings. The summed E-state index contributed by atoms with van der Waals surface area (Å²) in [6.45, 7) is 2.02. The molecule has 0 heterocycles. The molecule has 19 heavy (non-hydrogen) atoms. The van der Waals surface area contributed by atoms with Gasteiger partial charge in [0.25, 0.3) is 0 Å². The first-order chi connectivity index (χ1) is 9.06. The molecule has 0 spiro atoms. The number of para-hydroxylation sites is 1. The summed E-state index contributed by atoms with van der Waals surface area (Å²) < 4.78 is 5.33. The number of aromatic carboxylic acids is 1. The molecular weight excluding hydrogens is 248 g/mol. The molecule has 5 heteroatoms. The van der Waals surface area contributed by atoms with Crippen molar-refractivity contribution < 1.29 is 24.5 Å². The Balaban J connectivity index is 2.79. The molecule has 0 saturated heterocycles. The van der Waals surface area contributed by atoms with Crippen molar-refractivity contribution in [2.24, 2.45) is 0 Å². The topological polar surface area (TPSA) is 83.8 Å². The second-order valence-corrected chi connectivity index (χ2v) is 4.24. The summed E-state index contributed by atoms with van der Waals surface area (Å²) in [5, 5.41) is 18.1. The summed E-state index contributed by atoms with van der Waals surface area (Å²) in [4.78, 5) is 22.1. The van der Waals surface area contributed by atoms with E-state index in [2.05, 4.69) is 0 Å². The van der Waals surface area contributed by atoms with Crippen LogP contribution in [0, 0.1) is 0 Å². The first-order valence-electron chi connectivity index (χ1n) is 6.28. The molecule has 1 atom stereocenters. The Bertz CT molecular complexity index is 441. The summed E-state index contributed by atoms with van der Waals surface area (Å²) in [6.07, 6.45) is 2.01. The Labute approximate surface area is 111 Å². The molecule has 1 aromatic carbocycles. The third kappa shape index (κ3) is 4.62. The lowest BCUT2D eigenvalue weighted by molar-refractivity contribution is -0.145. The highest BCUT2D eigenvalue weighted by Gasteiger charge is 2.21. The molecule has 0 aromatic heterocycles. The zero-order chi connectivity index (χ0) is 14.3. The van der Waals surface area contributed by atoms with E-state index >= 15 is 0 Å². The van der Waals surface area contributed by atoms with Crippen LogP contribution >= 0.6 is 0 Å². The molecule has 104 valence electrons. The molecule has 5 nitrogen and oxygen atoms in total. The predicted molar refractivity (Wildman–Crippen MR) is 69.6 cm³/mol. The van der Waals surface area contributed by atoms with Gasteiger partial charge in [-0.15, -0.1) is 0 Å². The van der Waals surface area contributed by atoms with Gasteiger partial charge in [0.15, 0.2) is 6.10 Å². The van der Waals surface area contributed by atoms with Gasteiger partial charge < -0.3 is 14.9 Å². The molecule has 0 radical (unpaired) electrons. The van der Waals surface area contributed by atoms with E-state index in [1.54, 1.807) is 12.1 Å². The molecule has 1 unspecified atom stereocenters. The van der Waals surface area contributed by atoms with E-state index in [1.165, 1.54) is 12.1 Å². The fraction of sp³-hybridized carbons (Fsp3) is 0.429. The normalized spacial score (nSPS) is 11.8. The Morgan fingerprint density at radius 3 is 2.47 bits per heavy atom. The largest absolute Gasteiger partial charge is 0.479 e. The first kappa shape index (κ1) is 15.0. The number of carboxylic acids is 2. The smallest absolute Gasteiger partial charge is 0.344 e. The summed E-state index contributed by atoms with van der Waals surface area (Å²) in [7, 11) is 0. The van der Waals surface area contributed by atoms with Gasteiger partial charge in [-0.2, -0.15) is 0 Å². The second-order valence-electron chi connectivity index (χ2n) is 4.24. The van der Waals surface area contributed by atoms with Crippen LogP contribution in [0.2, 0.25) is 0 Å². The number of rotatable bonds is 8. The van der Waals surface area contributed by atoms with Crippen LogP contribution in [0.4, 0.5) is 0 Å². The van der Waals surface area contributed by atoms with Crippen molar-refractivity contribution in [1.29, 1.82) is 0 Å². The fourth-order valence-corrected chi connectivity index (χ4v) is 1.71. The standard InChI is InChI=1S/C14H18O5/c1-2-3-4-9-12(14(17)18)19-11-8-6-5-7-10(11)13(15)16/h5-8,12H,2-4,9H2,1H3,(H,15,16)(H,17,18). The molecule has 1 rings (SSSR count). The second kappa shape index (κ2) is 7.41. The molecule has 0 saturated carbocycles. The Morgan fingerprint density at radius 1 is 1.21 bits per heavy atom. The molecule has 0 bridgehead atoms. The average Bonchev–Trinajstić information content (AvgIpc) is 2.38. The van der Waals surface area contributed by atoms with Crippen molar-refractivity contribution >= 4 is 11.9 Å². The van der Waals surface area contributed by atoms with Gasteiger partial charge in [-0.1, -0.05) is 31.9 Å². The van der Waals surface area contributed by atoms with Gasteiger partial charge >= 0.3 is 11.9 Å². The van der Waals surface area contributed by atoms with E-state index in [-0.39, 0.29) is 11.3 Å². The minimum Gasteiger partial charge on any atom is -0.479 e. The van der Waals surface area contributed by atoms with E-state index < -0.39 is 18.0 Å². The number of hydrogen-bond acceptors (Lipinski definition) is 3. The first-order valence-corrected chi connectivity index (χ1v) is 6.28. The molecule has 1 aromatic rings. The van der Waals surface area contributed by atoms with Crippen LogP contribution < -0.4 is 4.74 Å². The number of ether oxygens (including phenoxy) is 1. The van der Waals surface area contributed by atoms with Gasteiger partial charge in [0.2, 0.25) is 0 Å². The van der Waals surface area contributed by atoms with Gasteiger partial charge in [-0.3, -0.25) is 0 Å². The number of aliphatic carboxylic acids is 1. The van der Waals surface area contributed by atoms with Crippen LogP contribution in [0.5, 0.6) is 5.75 Å². The summed E-state index contributed by atoms with van der Waals surface area (Å²) >= 11 is 0. The van der Waals surface area contributed by atoms with E-state index in [9.17, 15) is 9.59 Å². The predicted octanol–water partition coefficient (Wildman–Crippen LogP) is 2.80. The van der Waals surface area contributed by atoms with Crippen molar-refractivity contribution in [3.05, 3.63) is 29.8 Å². The highest BCUT2D eigenvalue weighted by atomic mass is 16.5. The lowest BCUT2D eigenvalue weighted by atomic mass is 10.1. The Hall–Kier alpha value is -2.04. The van der Waals surface area contributed by atoms with E-state index in [1.807, 2.05) is 6.92 Å². The van der Waals surface area contributed by atoms with Crippen molar-refractivity contribution in [3.8, 4) is 5.75 Å². The monoisotopic (exact) mass is 266 g/mol. The lowest BCUT2D eigenvalue weighted by Gasteiger charge is -2.16. The highest BCUT2D eigenvalue weighted by Crippen LogP contribution is 2.21. The van der Waals surface area contributed by atoms with Crippen LogP contribution in [0.1, 0.15) is 43.0 Å². The van der Waals surface area contributed by atoms with Gasteiger partial charge in [0.05, 0.1) is 0 Å². The van der Waals surface area contributed by atoms with Gasteiger partial charge in [-0.25, -0.2) is 9.59 Å². The summed E-state index contributed by atoms with van der Waals surface area (Å²) in [5.74, 6) is -2.11. The Morgan fingerprint density at radius 2 is 1.89 bits per heavy atom. The molecule has 0 aliphatic carbocycles. The van der Waals surface area contributed by atoms with Crippen molar-refractivity contribution in [2.45, 2.75) is 38.7 Å². The fourth-order valence-electron chi connectivity index (χ4n) is 1.71. The van der Waals surface area contributed by atoms with Crippen LogP contribution in [-0.4, -0.2) is 28.3 Å². The summed E-state index contributed by atoms with van der Waals surface area (Å²) in [6, 6.07) is 6.05. The molecular formula is C14H18O5. The van der Waals surface area contributed by atoms with Crippen molar-refractivity contribution in [1.82, 2.24) is 0 Å². The maximum absolute atomic E-state index is 11.1. The minimum absolute atomic E-state index is 0.0239. The van der Waals surface area contributed by atoms with Crippen molar-refractivity contribution in [3.63, 3.8) is 0 Å². The highest BCUT2D eigenvalue weighted by molar-refractivity contribution is 5.91. The third-order valence-corrected chi connectivity index (χ3v) is 2.73. The van der Waals surface area contributed by atoms with Crippen LogP contribution in [-0.2, 0) is 4.79 Å². The summed E-state index contributed by atoms with van der Waals surface area (Å²) in [5.41, 5.74) is -0.0239. The zero-order valence-electron chi connectivity index (χ0n) is 10.8. The number of carboxylic acid groups (broad SMARTS) is 2. The molecule has 0 aliphatic heterocycles. The quantitative estimate of drug-likeness (QED) is 0.707. The molecule has 0 fully saturated rings. The van der Waals surface area contributed by atoms with Crippen LogP contribution in [0.3, 0.4) is 0 Å². The van der Waals surface area contributed by atoms with E-state index in [0.717, 1.165) is 19.3 Å². The maximum atomic E-state index is 11.1. The molecule has 0 amide bonds. The number of benzene rings is 1. The number of hydrogen-bond donors (Lipinski definition) is 2. The third-order valence-electron chi connectivity index (χ3n) is 2.73. The Kier molecular flexibility index (Phi) is 5.85. The lowest BCUT2D eigenvalue weighted by Crippen LogP contribution is -2.27. The number of carbonyl (C=O) groups is 2. The SMILES string of the molecule is CCCCCC(Oc1ccccc1C(=O)O)C(=O)O. The van der Waals surface area contributed by atoms with Gasteiger partial charge in [-0.05, 0) is 25.0 Å². The maximum Gasteiger partial charge on any atom is 0.344 e. The van der Waals surface area contributed by atoms with Crippen molar-refractivity contribution in [2.75, 3.05) is 0 Å². The van der Waals surface area contributed by atoms with E-state index in [0.29, 0.717) is 6.42 Å². The van der Waals surface area contributed by atoms with Crippen LogP contribution in [0.25, 0.3) is 0 Å². The number of unbranched alkanes of at least 4 members (excludes halogenated alkanes) is 2. The van der Waals surface area contributed by atoms with Crippen LogP contribution in [0.15, 0.2) is 24.3 Å².